The van der Waals surface area contributed by atoms with E-state index >= 15 is 0 Å². The summed E-state index contributed by atoms with van der Waals surface area (Å²) in [7, 11) is 2.10. The van der Waals surface area contributed by atoms with E-state index in [1.807, 2.05) is 13.8 Å². The van der Waals surface area contributed by atoms with Gasteiger partial charge >= 0.3 is 0 Å². The number of rotatable bonds is 3. The Kier molecular flexibility index (Phi) is 4.84. The van der Waals surface area contributed by atoms with E-state index in [-0.39, 0.29) is 11.9 Å². The number of aryl methyl sites for hydroxylation is 3. The number of carbonyl (C=O) groups is 1. The van der Waals surface area contributed by atoms with E-state index in [0.29, 0.717) is 17.2 Å². The molecular formula is C16H22N8O. The molecular weight excluding hydrogens is 320 g/mol. The van der Waals surface area contributed by atoms with Crippen LogP contribution in [0.4, 0.5) is 11.9 Å². The van der Waals surface area contributed by atoms with E-state index in [1.54, 1.807) is 13.1 Å². The van der Waals surface area contributed by atoms with Crippen LogP contribution in [0.1, 0.15) is 27.4 Å². The lowest BCUT2D eigenvalue weighted by molar-refractivity contribution is 0.102. The first-order valence-electron chi connectivity index (χ1n) is 8.20. The number of amides is 1. The first-order valence-corrected chi connectivity index (χ1v) is 8.20. The number of aromatic nitrogens is 5. The van der Waals surface area contributed by atoms with E-state index in [1.165, 1.54) is 0 Å². The molecule has 2 aromatic rings. The van der Waals surface area contributed by atoms with E-state index in [4.69, 9.17) is 0 Å². The number of hydrogen-bond donors (Lipinski definition) is 1. The smallest absolute Gasteiger partial charge is 0.261 e. The average Bonchev–Trinajstić information content (AvgIpc) is 2.58. The summed E-state index contributed by atoms with van der Waals surface area (Å²) >= 11 is 0. The zero-order chi connectivity index (χ0) is 18.0. The second kappa shape index (κ2) is 7.06. The van der Waals surface area contributed by atoms with Crippen molar-refractivity contribution in [1.29, 1.82) is 0 Å². The van der Waals surface area contributed by atoms with Gasteiger partial charge in [-0.05, 0) is 27.8 Å². The third kappa shape index (κ3) is 3.87. The maximum absolute atomic E-state index is 12.4. The van der Waals surface area contributed by atoms with Crippen LogP contribution in [-0.2, 0) is 0 Å². The van der Waals surface area contributed by atoms with Crippen molar-refractivity contribution in [2.24, 2.45) is 0 Å². The van der Waals surface area contributed by atoms with Gasteiger partial charge in [-0.25, -0.2) is 15.0 Å². The van der Waals surface area contributed by atoms with Crippen LogP contribution in [0.2, 0.25) is 0 Å². The molecule has 1 saturated heterocycles. The van der Waals surface area contributed by atoms with Gasteiger partial charge in [0.15, 0.2) is 0 Å². The van der Waals surface area contributed by atoms with Gasteiger partial charge in [0, 0.05) is 32.4 Å². The fourth-order valence-corrected chi connectivity index (χ4v) is 2.52. The predicted octanol–water partition coefficient (Wildman–Crippen LogP) is 0.591. The molecule has 1 fully saturated rings. The summed E-state index contributed by atoms with van der Waals surface area (Å²) < 4.78 is 0. The molecule has 0 aromatic carbocycles. The number of carbonyl (C=O) groups excluding carboxylic acids is 1. The Balaban J connectivity index is 1.73. The van der Waals surface area contributed by atoms with Gasteiger partial charge in [-0.15, -0.1) is 5.10 Å². The zero-order valence-corrected chi connectivity index (χ0v) is 14.9. The van der Waals surface area contributed by atoms with Crippen molar-refractivity contribution >= 4 is 17.8 Å². The maximum atomic E-state index is 12.4. The molecule has 3 heterocycles. The number of piperazine rings is 1. The lowest BCUT2D eigenvalue weighted by atomic mass is 10.2. The van der Waals surface area contributed by atoms with Crippen LogP contribution in [0.15, 0.2) is 6.20 Å². The molecule has 25 heavy (non-hydrogen) atoms. The fraction of sp³-hybridized carbons (Fsp3) is 0.500. The molecule has 0 saturated carbocycles. The van der Waals surface area contributed by atoms with Crippen molar-refractivity contribution in [3.05, 3.63) is 28.8 Å². The molecule has 1 N–H and O–H groups in total. The number of hydrogen-bond acceptors (Lipinski definition) is 8. The minimum absolute atomic E-state index is 0.177. The molecule has 132 valence electrons. The summed E-state index contributed by atoms with van der Waals surface area (Å²) in [6, 6.07) is 0. The lowest BCUT2D eigenvalue weighted by Gasteiger charge is -2.32. The van der Waals surface area contributed by atoms with Crippen LogP contribution in [0.5, 0.6) is 0 Å². The highest BCUT2D eigenvalue weighted by atomic mass is 16.1. The number of anilines is 2. The Labute approximate surface area is 146 Å². The Morgan fingerprint density at radius 3 is 2.36 bits per heavy atom. The monoisotopic (exact) mass is 342 g/mol. The largest absolute Gasteiger partial charge is 0.338 e. The van der Waals surface area contributed by atoms with Gasteiger partial charge in [0.2, 0.25) is 11.9 Å². The van der Waals surface area contributed by atoms with Gasteiger partial charge in [-0.3, -0.25) is 10.1 Å². The molecule has 9 heteroatoms. The van der Waals surface area contributed by atoms with Crippen LogP contribution in [0.3, 0.4) is 0 Å². The Bertz CT molecular complexity index is 786. The highest BCUT2D eigenvalue weighted by Crippen LogP contribution is 2.14. The van der Waals surface area contributed by atoms with Gasteiger partial charge in [0.25, 0.3) is 5.91 Å². The van der Waals surface area contributed by atoms with E-state index in [0.717, 1.165) is 37.6 Å². The van der Waals surface area contributed by atoms with Crippen LogP contribution in [0.25, 0.3) is 0 Å². The Morgan fingerprint density at radius 2 is 1.72 bits per heavy atom. The quantitative estimate of drug-likeness (QED) is 0.865. The predicted molar refractivity (Wildman–Crippen MR) is 93.7 cm³/mol. The van der Waals surface area contributed by atoms with Gasteiger partial charge in [-0.2, -0.15) is 5.10 Å². The second-order valence-corrected chi connectivity index (χ2v) is 6.22. The van der Waals surface area contributed by atoms with Crippen molar-refractivity contribution in [3.8, 4) is 0 Å². The first kappa shape index (κ1) is 17.2. The van der Waals surface area contributed by atoms with Crippen LogP contribution < -0.4 is 10.2 Å². The molecule has 0 spiro atoms. The Hall–Kier alpha value is -2.68. The zero-order valence-electron chi connectivity index (χ0n) is 14.9. The summed E-state index contributed by atoms with van der Waals surface area (Å²) in [5.41, 5.74) is 2.48. The molecule has 1 aliphatic rings. The topological polar surface area (TPSA) is 100 Å². The minimum Gasteiger partial charge on any atom is -0.338 e. The summed E-state index contributed by atoms with van der Waals surface area (Å²) in [6.45, 7) is 9.14. The number of likely N-dealkylation sites (N-methyl/N-ethyl adjacent to an activating group) is 1. The SMILES string of the molecule is Cc1nc(N2CCN(C)CC2)ncc1C(=O)Nc1nnc(C)c(C)n1. The molecule has 0 atom stereocenters. The minimum atomic E-state index is -0.340. The summed E-state index contributed by atoms with van der Waals surface area (Å²) in [5, 5.41) is 10.5. The molecule has 3 rings (SSSR count). The Morgan fingerprint density at radius 1 is 1.00 bits per heavy atom. The van der Waals surface area contributed by atoms with Crippen molar-refractivity contribution in [2.75, 3.05) is 43.4 Å². The van der Waals surface area contributed by atoms with Crippen molar-refractivity contribution < 1.29 is 4.79 Å². The second-order valence-electron chi connectivity index (χ2n) is 6.22. The summed E-state index contributed by atoms with van der Waals surface area (Å²) in [4.78, 5) is 29.9. The van der Waals surface area contributed by atoms with Gasteiger partial charge in [-0.1, -0.05) is 0 Å². The van der Waals surface area contributed by atoms with E-state index in [2.05, 4.69) is 47.3 Å². The fourth-order valence-electron chi connectivity index (χ4n) is 2.52. The lowest BCUT2D eigenvalue weighted by Crippen LogP contribution is -2.45. The number of nitrogens with one attached hydrogen (secondary N) is 1. The van der Waals surface area contributed by atoms with E-state index in [9.17, 15) is 4.79 Å². The summed E-state index contributed by atoms with van der Waals surface area (Å²) in [5.74, 6) is 0.495. The molecule has 0 unspecified atom stereocenters. The standard InChI is InChI=1S/C16H22N8O/c1-10-11(2)21-22-15(18-10)20-14(25)13-9-17-16(19-12(13)3)24-7-5-23(4)6-8-24/h9H,5-8H2,1-4H3,(H,18,20,22,25). The first-order chi connectivity index (χ1) is 11.9. The normalized spacial score (nSPS) is 15.3. The molecule has 0 radical (unpaired) electrons. The maximum Gasteiger partial charge on any atom is 0.261 e. The van der Waals surface area contributed by atoms with Gasteiger partial charge in [0.1, 0.15) is 0 Å². The molecule has 9 nitrogen and oxygen atoms in total. The van der Waals surface area contributed by atoms with Gasteiger partial charge < -0.3 is 9.80 Å². The third-order valence-corrected chi connectivity index (χ3v) is 4.31. The highest BCUT2D eigenvalue weighted by molar-refractivity contribution is 6.03. The van der Waals surface area contributed by atoms with Crippen LogP contribution >= 0.6 is 0 Å². The third-order valence-electron chi connectivity index (χ3n) is 4.31. The molecule has 2 aromatic heterocycles. The van der Waals surface area contributed by atoms with Crippen LogP contribution in [0, 0.1) is 20.8 Å². The summed E-state index contributed by atoms with van der Waals surface area (Å²) in [6.07, 6.45) is 1.56. The molecule has 0 bridgehead atoms. The number of nitrogens with zero attached hydrogens (tertiary/aromatic N) is 7. The molecule has 0 aliphatic carbocycles. The molecule has 1 amide bonds. The molecule has 1 aliphatic heterocycles. The van der Waals surface area contributed by atoms with Crippen molar-refractivity contribution in [3.63, 3.8) is 0 Å². The average molecular weight is 342 g/mol. The highest BCUT2D eigenvalue weighted by Gasteiger charge is 2.19. The van der Waals surface area contributed by atoms with Crippen molar-refractivity contribution in [2.45, 2.75) is 20.8 Å². The van der Waals surface area contributed by atoms with E-state index < -0.39 is 0 Å². The van der Waals surface area contributed by atoms with Crippen LogP contribution in [-0.4, -0.2) is 69.2 Å². The van der Waals surface area contributed by atoms with Crippen molar-refractivity contribution in [1.82, 2.24) is 30.0 Å². The van der Waals surface area contributed by atoms with Gasteiger partial charge in [0.05, 0.1) is 22.6 Å².